The maximum Gasteiger partial charge on any atom is 0.232 e. The van der Waals surface area contributed by atoms with E-state index in [1.54, 1.807) is 7.11 Å². The van der Waals surface area contributed by atoms with Crippen molar-refractivity contribution in [2.75, 3.05) is 13.7 Å². The van der Waals surface area contributed by atoms with Crippen LogP contribution in [0.2, 0.25) is 0 Å². The molecule has 0 aliphatic carbocycles. The van der Waals surface area contributed by atoms with Crippen molar-refractivity contribution >= 4 is 11.8 Å². The Labute approximate surface area is 165 Å². The third kappa shape index (κ3) is 3.26. The fourth-order valence-electron chi connectivity index (χ4n) is 4.52. The lowest BCUT2D eigenvalue weighted by Crippen LogP contribution is -2.46. The van der Waals surface area contributed by atoms with Crippen LogP contribution >= 0.6 is 0 Å². The molecule has 2 fully saturated rings. The SMILES string of the molecule is COc1ccc(CNC(=O)[C@@]2(c3cccc(C)c3)C[C@@H]3CCC(=O)N3C2)cc1. The highest BCUT2D eigenvalue weighted by Gasteiger charge is 2.53. The molecule has 0 aromatic heterocycles. The summed E-state index contributed by atoms with van der Waals surface area (Å²) < 4.78 is 5.19. The highest BCUT2D eigenvalue weighted by atomic mass is 16.5. The Hall–Kier alpha value is -2.82. The zero-order valence-electron chi connectivity index (χ0n) is 16.4. The van der Waals surface area contributed by atoms with E-state index in [2.05, 4.69) is 11.4 Å². The van der Waals surface area contributed by atoms with E-state index in [4.69, 9.17) is 4.74 Å². The highest BCUT2D eigenvalue weighted by Crippen LogP contribution is 2.43. The third-order valence-electron chi connectivity index (χ3n) is 6.09. The number of amides is 2. The number of benzene rings is 2. The van der Waals surface area contributed by atoms with Crippen molar-refractivity contribution in [3.8, 4) is 5.75 Å². The number of carbonyl (C=O) groups excluding carboxylic acids is 2. The maximum atomic E-state index is 13.4. The van der Waals surface area contributed by atoms with E-state index >= 15 is 0 Å². The van der Waals surface area contributed by atoms with Gasteiger partial charge in [-0.3, -0.25) is 9.59 Å². The molecule has 2 aliphatic heterocycles. The number of ether oxygens (including phenoxy) is 1. The topological polar surface area (TPSA) is 58.6 Å². The molecule has 4 rings (SSSR count). The summed E-state index contributed by atoms with van der Waals surface area (Å²) in [5.41, 5.74) is 2.46. The van der Waals surface area contributed by atoms with Crippen molar-refractivity contribution in [3.63, 3.8) is 0 Å². The van der Waals surface area contributed by atoms with Gasteiger partial charge in [-0.25, -0.2) is 0 Å². The van der Waals surface area contributed by atoms with Gasteiger partial charge in [-0.2, -0.15) is 0 Å². The number of nitrogens with zero attached hydrogens (tertiary/aromatic N) is 1. The van der Waals surface area contributed by atoms with Gasteiger partial charge in [0.05, 0.1) is 12.5 Å². The number of methoxy groups -OCH3 is 1. The Balaban J connectivity index is 1.58. The van der Waals surface area contributed by atoms with Crippen LogP contribution < -0.4 is 10.1 Å². The van der Waals surface area contributed by atoms with Crippen molar-refractivity contribution in [3.05, 3.63) is 65.2 Å². The number of hydrogen-bond donors (Lipinski definition) is 1. The van der Waals surface area contributed by atoms with Crippen LogP contribution in [0.3, 0.4) is 0 Å². The summed E-state index contributed by atoms with van der Waals surface area (Å²) in [6, 6.07) is 16.0. The smallest absolute Gasteiger partial charge is 0.232 e. The lowest BCUT2D eigenvalue weighted by Gasteiger charge is -2.29. The van der Waals surface area contributed by atoms with E-state index in [1.807, 2.05) is 54.3 Å². The molecular formula is C23H26N2O3. The van der Waals surface area contributed by atoms with Gasteiger partial charge >= 0.3 is 0 Å². The number of aryl methyl sites for hydroxylation is 1. The quantitative estimate of drug-likeness (QED) is 0.870. The molecule has 146 valence electrons. The molecule has 5 heteroatoms. The summed E-state index contributed by atoms with van der Waals surface area (Å²) in [6.07, 6.45) is 2.14. The van der Waals surface area contributed by atoms with E-state index < -0.39 is 5.41 Å². The minimum Gasteiger partial charge on any atom is -0.497 e. The lowest BCUT2D eigenvalue weighted by atomic mass is 9.76. The second kappa shape index (κ2) is 7.30. The molecule has 5 nitrogen and oxygen atoms in total. The number of hydrogen-bond acceptors (Lipinski definition) is 3. The number of fused-ring (bicyclic) bond motifs is 1. The molecule has 28 heavy (non-hydrogen) atoms. The fraction of sp³-hybridized carbons (Fsp3) is 0.391. The lowest BCUT2D eigenvalue weighted by molar-refractivity contribution is -0.129. The first-order valence-corrected chi connectivity index (χ1v) is 9.80. The van der Waals surface area contributed by atoms with Crippen LogP contribution in [0, 0.1) is 6.92 Å². The van der Waals surface area contributed by atoms with Gasteiger partial charge < -0.3 is 15.0 Å². The maximum absolute atomic E-state index is 13.4. The van der Waals surface area contributed by atoms with Crippen LogP contribution in [0.5, 0.6) is 5.75 Å². The van der Waals surface area contributed by atoms with Crippen LogP contribution in [0.1, 0.15) is 36.0 Å². The standard InChI is InChI=1S/C23H26N2O3/c1-16-4-3-5-18(12-16)23(13-19-8-11-21(26)25(19)15-23)22(27)24-14-17-6-9-20(28-2)10-7-17/h3-7,9-10,12,19H,8,11,13-15H2,1-2H3,(H,24,27)/t19-,23-/m0/s1. The molecule has 2 atom stereocenters. The molecule has 0 saturated carbocycles. The zero-order chi connectivity index (χ0) is 19.7. The number of nitrogens with one attached hydrogen (secondary N) is 1. The summed E-state index contributed by atoms with van der Waals surface area (Å²) in [6.45, 7) is 2.96. The predicted octanol–water partition coefficient (Wildman–Crippen LogP) is 2.95. The average Bonchev–Trinajstić information content (AvgIpc) is 3.26. The molecule has 2 heterocycles. The van der Waals surface area contributed by atoms with Crippen molar-refractivity contribution in [2.24, 2.45) is 0 Å². The molecule has 2 saturated heterocycles. The molecule has 2 aliphatic rings. The van der Waals surface area contributed by atoms with Crippen molar-refractivity contribution in [1.29, 1.82) is 0 Å². The van der Waals surface area contributed by atoms with Crippen molar-refractivity contribution in [1.82, 2.24) is 10.2 Å². The Bertz CT molecular complexity index is 893. The summed E-state index contributed by atoms with van der Waals surface area (Å²) in [7, 11) is 1.63. The van der Waals surface area contributed by atoms with E-state index in [0.717, 1.165) is 28.9 Å². The van der Waals surface area contributed by atoms with Crippen LogP contribution in [0.15, 0.2) is 48.5 Å². The second-order valence-corrected chi connectivity index (χ2v) is 7.90. The molecule has 2 aromatic carbocycles. The first-order chi connectivity index (χ1) is 13.5. The van der Waals surface area contributed by atoms with Gasteiger partial charge in [0.2, 0.25) is 11.8 Å². The molecular weight excluding hydrogens is 352 g/mol. The van der Waals surface area contributed by atoms with Gasteiger partial charge in [0, 0.05) is 25.6 Å². The van der Waals surface area contributed by atoms with Crippen molar-refractivity contribution in [2.45, 2.75) is 44.2 Å². The Morgan fingerprint density at radius 3 is 2.71 bits per heavy atom. The Morgan fingerprint density at radius 1 is 1.25 bits per heavy atom. The largest absolute Gasteiger partial charge is 0.497 e. The summed E-state index contributed by atoms with van der Waals surface area (Å²) >= 11 is 0. The molecule has 0 unspecified atom stereocenters. The number of rotatable bonds is 5. The highest BCUT2D eigenvalue weighted by molar-refractivity contribution is 5.91. The van der Waals surface area contributed by atoms with Crippen molar-refractivity contribution < 1.29 is 14.3 Å². The van der Waals surface area contributed by atoms with E-state index in [9.17, 15) is 9.59 Å². The van der Waals surface area contributed by atoms with E-state index in [1.165, 1.54) is 0 Å². The van der Waals surface area contributed by atoms with Crippen LogP contribution in [0.25, 0.3) is 0 Å². The van der Waals surface area contributed by atoms with Crippen LogP contribution in [-0.4, -0.2) is 36.4 Å². The average molecular weight is 378 g/mol. The van der Waals surface area contributed by atoms with Gasteiger partial charge in [0.1, 0.15) is 5.75 Å². The van der Waals surface area contributed by atoms with Gasteiger partial charge in [0.15, 0.2) is 0 Å². The fourth-order valence-corrected chi connectivity index (χ4v) is 4.52. The Kier molecular flexibility index (Phi) is 4.84. The molecule has 0 bridgehead atoms. The Morgan fingerprint density at radius 2 is 2.04 bits per heavy atom. The summed E-state index contributed by atoms with van der Waals surface area (Å²) in [4.78, 5) is 27.6. The molecule has 1 N–H and O–H groups in total. The van der Waals surface area contributed by atoms with Crippen LogP contribution in [0.4, 0.5) is 0 Å². The van der Waals surface area contributed by atoms with Gasteiger partial charge in [-0.05, 0) is 43.0 Å². The van der Waals surface area contributed by atoms with Gasteiger partial charge in [0.25, 0.3) is 0 Å². The molecule has 0 spiro atoms. The number of carbonyl (C=O) groups is 2. The molecule has 2 aromatic rings. The monoisotopic (exact) mass is 378 g/mol. The zero-order valence-corrected chi connectivity index (χ0v) is 16.4. The summed E-state index contributed by atoms with van der Waals surface area (Å²) in [5.74, 6) is 0.958. The van der Waals surface area contributed by atoms with E-state index in [-0.39, 0.29) is 17.9 Å². The van der Waals surface area contributed by atoms with Gasteiger partial charge in [-0.1, -0.05) is 42.0 Å². The van der Waals surface area contributed by atoms with Gasteiger partial charge in [-0.15, -0.1) is 0 Å². The van der Waals surface area contributed by atoms with E-state index in [0.29, 0.717) is 25.9 Å². The second-order valence-electron chi connectivity index (χ2n) is 7.90. The third-order valence-corrected chi connectivity index (χ3v) is 6.09. The summed E-state index contributed by atoms with van der Waals surface area (Å²) in [5, 5.41) is 3.12. The minimum absolute atomic E-state index is 0.00359. The normalized spacial score (nSPS) is 23.6. The first-order valence-electron chi connectivity index (χ1n) is 9.80. The minimum atomic E-state index is -0.681. The first kappa shape index (κ1) is 18.5. The predicted molar refractivity (Wildman–Crippen MR) is 107 cm³/mol. The molecule has 2 amide bonds. The van der Waals surface area contributed by atoms with Crippen LogP contribution in [-0.2, 0) is 21.5 Å². The molecule has 0 radical (unpaired) electrons.